The quantitative estimate of drug-likeness (QED) is 0.888. The Hall–Kier alpha value is -1.20. The van der Waals surface area contributed by atoms with Gasteiger partial charge >= 0.3 is 0 Å². The monoisotopic (exact) mass is 237 g/mol. The molecule has 1 atom stereocenters. The molecule has 0 radical (unpaired) electrons. The molecule has 0 aliphatic carbocycles. The van der Waals surface area contributed by atoms with Gasteiger partial charge in [-0.15, -0.1) is 11.3 Å². The van der Waals surface area contributed by atoms with Crippen molar-refractivity contribution in [1.82, 2.24) is 15.3 Å². The van der Waals surface area contributed by atoms with Crippen molar-refractivity contribution in [3.8, 4) is 10.6 Å². The first-order valence-electron chi connectivity index (χ1n) is 5.32. The summed E-state index contributed by atoms with van der Waals surface area (Å²) >= 11 is 1.58. The summed E-state index contributed by atoms with van der Waals surface area (Å²) in [4.78, 5) is 9.54. The third-order valence-corrected chi connectivity index (χ3v) is 3.32. The molecule has 2 aromatic rings. The predicted octanol–water partition coefficient (Wildman–Crippen LogP) is 2.78. The topological polar surface area (TPSA) is 51.0 Å². The lowest BCUT2D eigenvalue weighted by Gasteiger charge is -2.06. The van der Waals surface area contributed by atoms with Gasteiger partial charge in [-0.3, -0.25) is 0 Å². The third-order valence-electron chi connectivity index (χ3n) is 2.37. The highest BCUT2D eigenvalue weighted by atomic mass is 32.1. The van der Waals surface area contributed by atoms with Crippen LogP contribution in [0.3, 0.4) is 0 Å². The zero-order chi connectivity index (χ0) is 11.5. The summed E-state index contributed by atoms with van der Waals surface area (Å²) in [6.45, 7) is 6.98. The van der Waals surface area contributed by atoms with Crippen molar-refractivity contribution in [3.05, 3.63) is 23.3 Å². The van der Waals surface area contributed by atoms with Gasteiger partial charge in [0.25, 0.3) is 0 Å². The maximum absolute atomic E-state index is 5.72. The molecule has 86 valence electrons. The molecular weight excluding hydrogens is 222 g/mol. The summed E-state index contributed by atoms with van der Waals surface area (Å²) in [7, 11) is 0. The van der Waals surface area contributed by atoms with Crippen LogP contribution in [0.25, 0.3) is 10.6 Å². The van der Waals surface area contributed by atoms with Crippen molar-refractivity contribution >= 4 is 11.3 Å². The molecule has 0 aliphatic rings. The molecule has 2 rings (SSSR count). The lowest BCUT2D eigenvalue weighted by Crippen LogP contribution is -2.17. The zero-order valence-corrected chi connectivity index (χ0v) is 10.5. The maximum Gasteiger partial charge on any atom is 0.211 e. The summed E-state index contributed by atoms with van der Waals surface area (Å²) < 4.78 is 5.72. The minimum atomic E-state index is 0.145. The molecule has 0 aromatic carbocycles. The van der Waals surface area contributed by atoms with Crippen LogP contribution in [0.4, 0.5) is 0 Å². The van der Waals surface area contributed by atoms with Crippen molar-refractivity contribution < 1.29 is 4.42 Å². The van der Waals surface area contributed by atoms with Gasteiger partial charge in [-0.2, -0.15) is 0 Å². The molecule has 5 heteroatoms. The van der Waals surface area contributed by atoms with Gasteiger partial charge in [-0.25, -0.2) is 9.97 Å². The smallest absolute Gasteiger partial charge is 0.211 e. The van der Waals surface area contributed by atoms with Crippen molar-refractivity contribution in [3.63, 3.8) is 0 Å². The van der Waals surface area contributed by atoms with Crippen LogP contribution in [0.15, 0.2) is 16.1 Å². The number of aryl methyl sites for hydroxylation is 1. The first-order chi connectivity index (χ1) is 7.72. The molecule has 4 nitrogen and oxygen atoms in total. The molecule has 0 spiro atoms. The van der Waals surface area contributed by atoms with Crippen LogP contribution in [-0.2, 0) is 0 Å². The average molecular weight is 237 g/mol. The van der Waals surface area contributed by atoms with E-state index in [1.165, 1.54) is 0 Å². The SMILES string of the molecule is CCNC(C)c1ncc(-c2scnc2C)o1. The highest BCUT2D eigenvalue weighted by Gasteiger charge is 2.14. The summed E-state index contributed by atoms with van der Waals surface area (Å²) in [6, 6.07) is 0.145. The van der Waals surface area contributed by atoms with Crippen molar-refractivity contribution in [2.24, 2.45) is 0 Å². The Morgan fingerprint density at radius 3 is 2.94 bits per heavy atom. The molecule has 0 bridgehead atoms. The van der Waals surface area contributed by atoms with Crippen LogP contribution in [0, 0.1) is 6.92 Å². The number of aromatic nitrogens is 2. The van der Waals surface area contributed by atoms with E-state index in [0.29, 0.717) is 0 Å². The van der Waals surface area contributed by atoms with E-state index in [2.05, 4.69) is 22.2 Å². The van der Waals surface area contributed by atoms with E-state index in [-0.39, 0.29) is 6.04 Å². The number of nitrogens with zero attached hydrogens (tertiary/aromatic N) is 2. The lowest BCUT2D eigenvalue weighted by molar-refractivity contribution is 0.429. The Labute approximate surface area is 98.7 Å². The van der Waals surface area contributed by atoms with E-state index in [1.807, 2.05) is 19.4 Å². The summed E-state index contributed by atoms with van der Waals surface area (Å²) in [5.74, 6) is 1.53. The molecule has 0 saturated heterocycles. The number of nitrogens with one attached hydrogen (secondary N) is 1. The summed E-state index contributed by atoms with van der Waals surface area (Å²) in [6.07, 6.45) is 1.77. The molecule has 16 heavy (non-hydrogen) atoms. The third kappa shape index (κ3) is 2.15. The Bertz CT molecular complexity index is 463. The average Bonchev–Trinajstić information content (AvgIpc) is 2.86. The Morgan fingerprint density at radius 1 is 1.50 bits per heavy atom. The first-order valence-corrected chi connectivity index (χ1v) is 6.20. The van der Waals surface area contributed by atoms with E-state index in [4.69, 9.17) is 4.42 Å². The van der Waals surface area contributed by atoms with Crippen LogP contribution in [0.5, 0.6) is 0 Å². The van der Waals surface area contributed by atoms with Gasteiger partial charge in [0.1, 0.15) is 0 Å². The Morgan fingerprint density at radius 2 is 2.31 bits per heavy atom. The van der Waals surface area contributed by atoms with Crippen molar-refractivity contribution in [1.29, 1.82) is 0 Å². The molecule has 0 saturated carbocycles. The number of hydrogen-bond donors (Lipinski definition) is 1. The second-order valence-electron chi connectivity index (χ2n) is 3.61. The Kier molecular flexibility index (Phi) is 3.36. The van der Waals surface area contributed by atoms with Crippen LogP contribution in [0.2, 0.25) is 0 Å². The second-order valence-corrected chi connectivity index (χ2v) is 4.46. The molecule has 0 amide bonds. The van der Waals surface area contributed by atoms with Gasteiger partial charge in [-0.05, 0) is 20.4 Å². The van der Waals surface area contributed by atoms with Crippen molar-refractivity contribution in [2.75, 3.05) is 6.54 Å². The van der Waals surface area contributed by atoms with Crippen LogP contribution < -0.4 is 5.32 Å². The minimum Gasteiger partial charge on any atom is -0.438 e. The van der Waals surface area contributed by atoms with Crippen LogP contribution in [0.1, 0.15) is 31.5 Å². The molecule has 2 heterocycles. The lowest BCUT2D eigenvalue weighted by atomic mass is 10.3. The van der Waals surface area contributed by atoms with Gasteiger partial charge in [-0.1, -0.05) is 6.92 Å². The van der Waals surface area contributed by atoms with E-state index in [1.54, 1.807) is 17.5 Å². The number of oxazole rings is 1. The fraction of sp³-hybridized carbons (Fsp3) is 0.455. The van der Waals surface area contributed by atoms with E-state index in [0.717, 1.165) is 28.8 Å². The van der Waals surface area contributed by atoms with Crippen molar-refractivity contribution in [2.45, 2.75) is 26.8 Å². The summed E-state index contributed by atoms with van der Waals surface area (Å²) in [5.41, 5.74) is 2.81. The number of rotatable bonds is 4. The van der Waals surface area contributed by atoms with Crippen LogP contribution >= 0.6 is 11.3 Å². The highest BCUT2D eigenvalue weighted by Crippen LogP contribution is 2.28. The van der Waals surface area contributed by atoms with E-state index >= 15 is 0 Å². The normalized spacial score (nSPS) is 12.9. The van der Waals surface area contributed by atoms with Gasteiger partial charge in [0.2, 0.25) is 5.89 Å². The molecule has 1 unspecified atom stereocenters. The van der Waals surface area contributed by atoms with E-state index < -0.39 is 0 Å². The molecule has 2 aromatic heterocycles. The molecular formula is C11H15N3OS. The second kappa shape index (κ2) is 4.76. The largest absolute Gasteiger partial charge is 0.438 e. The zero-order valence-electron chi connectivity index (χ0n) is 9.65. The fourth-order valence-electron chi connectivity index (χ4n) is 1.52. The first kappa shape index (κ1) is 11.3. The molecule has 1 N–H and O–H groups in total. The standard InChI is InChI=1S/C11H15N3OS/c1-4-12-8(3)11-13-5-9(15-11)10-7(2)14-6-16-10/h5-6,8,12H,4H2,1-3H3. The minimum absolute atomic E-state index is 0.145. The summed E-state index contributed by atoms with van der Waals surface area (Å²) in [5, 5.41) is 3.27. The van der Waals surface area contributed by atoms with E-state index in [9.17, 15) is 0 Å². The number of hydrogen-bond acceptors (Lipinski definition) is 5. The highest BCUT2D eigenvalue weighted by molar-refractivity contribution is 7.13. The number of thiazole rings is 1. The van der Waals surface area contributed by atoms with Gasteiger partial charge < -0.3 is 9.73 Å². The molecule has 0 aliphatic heterocycles. The van der Waals surface area contributed by atoms with Crippen LogP contribution in [-0.4, -0.2) is 16.5 Å². The fourth-order valence-corrected chi connectivity index (χ4v) is 2.27. The van der Waals surface area contributed by atoms with Gasteiger partial charge in [0.15, 0.2) is 5.76 Å². The molecule has 0 fully saturated rings. The maximum atomic E-state index is 5.72. The van der Waals surface area contributed by atoms with Gasteiger partial charge in [0.05, 0.1) is 28.3 Å². The van der Waals surface area contributed by atoms with Gasteiger partial charge in [0, 0.05) is 0 Å². The predicted molar refractivity (Wildman–Crippen MR) is 64.4 cm³/mol. The Balaban J connectivity index is 2.23.